The van der Waals surface area contributed by atoms with E-state index in [1.807, 2.05) is 18.0 Å². The van der Waals surface area contributed by atoms with Crippen LogP contribution >= 0.6 is 11.8 Å². The Balaban J connectivity index is 1.83. The third-order valence-electron chi connectivity index (χ3n) is 3.08. The highest BCUT2D eigenvalue weighted by Gasteiger charge is 2.20. The smallest absolute Gasteiger partial charge is 0.0537 e. The van der Waals surface area contributed by atoms with Crippen LogP contribution in [0.5, 0.6) is 0 Å². The van der Waals surface area contributed by atoms with Crippen LogP contribution in [-0.4, -0.2) is 27.8 Å². The number of hydrogen-bond donors (Lipinski definition) is 1. The molecule has 1 N–H and O–H groups in total. The molecule has 0 spiro atoms. The van der Waals surface area contributed by atoms with Gasteiger partial charge >= 0.3 is 0 Å². The molecule has 1 aromatic heterocycles. The van der Waals surface area contributed by atoms with Gasteiger partial charge in [-0.05, 0) is 38.2 Å². The molecule has 0 bridgehead atoms. The van der Waals surface area contributed by atoms with Crippen LogP contribution in [0.25, 0.3) is 0 Å². The molecule has 0 atom stereocenters. The summed E-state index contributed by atoms with van der Waals surface area (Å²) in [5, 5.41) is 7.99. The molecule has 1 aliphatic carbocycles. The van der Waals surface area contributed by atoms with Gasteiger partial charge in [0.2, 0.25) is 0 Å². The molecule has 1 heterocycles. The average Bonchev–Trinajstić information content (AvgIpc) is 3.04. The first kappa shape index (κ1) is 12.0. The van der Waals surface area contributed by atoms with Gasteiger partial charge in [0.05, 0.1) is 6.20 Å². The van der Waals surface area contributed by atoms with Crippen molar-refractivity contribution in [3.63, 3.8) is 0 Å². The van der Waals surface area contributed by atoms with Crippen LogP contribution in [0, 0.1) is 6.92 Å². The number of rotatable bonds is 7. The standard InChI is InChI=1S/C12H21N3S/c1-10-11(8-13-12-4-5-12)9-14-15(10)6-3-7-16-2/h9,12-13H,3-8H2,1-2H3. The van der Waals surface area contributed by atoms with E-state index >= 15 is 0 Å². The van der Waals surface area contributed by atoms with E-state index in [9.17, 15) is 0 Å². The van der Waals surface area contributed by atoms with E-state index in [4.69, 9.17) is 0 Å². The lowest BCUT2D eigenvalue weighted by molar-refractivity contribution is 0.587. The van der Waals surface area contributed by atoms with Crippen molar-refractivity contribution in [3.05, 3.63) is 17.5 Å². The van der Waals surface area contributed by atoms with Crippen molar-refractivity contribution in [1.82, 2.24) is 15.1 Å². The van der Waals surface area contributed by atoms with Crippen molar-refractivity contribution in [2.45, 2.75) is 45.3 Å². The van der Waals surface area contributed by atoms with Gasteiger partial charge in [0, 0.05) is 30.4 Å². The van der Waals surface area contributed by atoms with Crippen LogP contribution in [0.3, 0.4) is 0 Å². The first-order chi connectivity index (χ1) is 7.81. The zero-order valence-electron chi connectivity index (χ0n) is 10.2. The average molecular weight is 239 g/mol. The maximum Gasteiger partial charge on any atom is 0.0537 e. The number of nitrogens with zero attached hydrogens (tertiary/aromatic N) is 2. The SMILES string of the molecule is CSCCCn1ncc(CNC2CC2)c1C. The Bertz CT molecular complexity index is 331. The summed E-state index contributed by atoms with van der Waals surface area (Å²) in [5.41, 5.74) is 2.69. The van der Waals surface area contributed by atoms with E-state index in [0.717, 1.165) is 19.1 Å². The number of aromatic nitrogens is 2. The van der Waals surface area contributed by atoms with Crippen LogP contribution in [0.1, 0.15) is 30.5 Å². The Morgan fingerprint density at radius 1 is 1.56 bits per heavy atom. The molecule has 1 aromatic rings. The highest BCUT2D eigenvalue weighted by molar-refractivity contribution is 7.98. The zero-order valence-corrected chi connectivity index (χ0v) is 11.0. The molecule has 0 aromatic carbocycles. The van der Waals surface area contributed by atoms with E-state index in [1.54, 1.807) is 0 Å². The monoisotopic (exact) mass is 239 g/mol. The van der Waals surface area contributed by atoms with E-state index < -0.39 is 0 Å². The fourth-order valence-corrected chi connectivity index (χ4v) is 2.20. The summed E-state index contributed by atoms with van der Waals surface area (Å²) in [6.45, 7) is 4.21. The van der Waals surface area contributed by atoms with Crippen LogP contribution < -0.4 is 5.32 Å². The molecule has 1 aliphatic rings. The highest BCUT2D eigenvalue weighted by atomic mass is 32.2. The molecule has 0 amide bonds. The zero-order chi connectivity index (χ0) is 11.4. The van der Waals surface area contributed by atoms with Crippen molar-refractivity contribution in [2.24, 2.45) is 0 Å². The second-order valence-corrected chi connectivity index (χ2v) is 5.47. The maximum absolute atomic E-state index is 4.45. The van der Waals surface area contributed by atoms with Crippen molar-refractivity contribution in [3.8, 4) is 0 Å². The molecule has 0 radical (unpaired) electrons. The van der Waals surface area contributed by atoms with Gasteiger partial charge in [-0.1, -0.05) is 0 Å². The lowest BCUT2D eigenvalue weighted by atomic mass is 10.2. The summed E-state index contributed by atoms with van der Waals surface area (Å²) in [6.07, 6.45) is 8.08. The molecule has 90 valence electrons. The maximum atomic E-state index is 4.45. The Morgan fingerprint density at radius 3 is 3.06 bits per heavy atom. The Labute approximate surface area is 102 Å². The van der Waals surface area contributed by atoms with Crippen LogP contribution in [0.4, 0.5) is 0 Å². The third kappa shape index (κ3) is 3.25. The summed E-state index contributed by atoms with van der Waals surface area (Å²) >= 11 is 1.90. The number of nitrogens with one attached hydrogen (secondary N) is 1. The molecule has 16 heavy (non-hydrogen) atoms. The number of aryl methyl sites for hydroxylation is 1. The molecule has 0 aliphatic heterocycles. The lowest BCUT2D eigenvalue weighted by Crippen LogP contribution is -2.15. The number of hydrogen-bond acceptors (Lipinski definition) is 3. The predicted molar refractivity (Wildman–Crippen MR) is 69.8 cm³/mol. The van der Waals surface area contributed by atoms with E-state index in [1.165, 1.54) is 36.3 Å². The van der Waals surface area contributed by atoms with Crippen molar-refractivity contribution in [2.75, 3.05) is 12.0 Å². The van der Waals surface area contributed by atoms with Crippen molar-refractivity contribution >= 4 is 11.8 Å². The molecule has 0 saturated heterocycles. The molecule has 2 rings (SSSR count). The summed E-state index contributed by atoms with van der Waals surface area (Å²) in [5.74, 6) is 1.22. The lowest BCUT2D eigenvalue weighted by Gasteiger charge is -2.05. The molecule has 4 heteroatoms. The van der Waals surface area contributed by atoms with E-state index in [-0.39, 0.29) is 0 Å². The largest absolute Gasteiger partial charge is 0.310 e. The highest BCUT2D eigenvalue weighted by Crippen LogP contribution is 2.19. The molecule has 1 fully saturated rings. The Hall–Kier alpha value is -0.480. The van der Waals surface area contributed by atoms with Crippen LogP contribution in [-0.2, 0) is 13.1 Å². The van der Waals surface area contributed by atoms with Gasteiger partial charge in [-0.15, -0.1) is 0 Å². The molecule has 0 unspecified atom stereocenters. The Kier molecular flexibility index (Phi) is 4.29. The minimum absolute atomic E-state index is 0.777. The van der Waals surface area contributed by atoms with Crippen LogP contribution in [0.2, 0.25) is 0 Å². The summed E-state index contributed by atoms with van der Waals surface area (Å²) in [6, 6.07) is 0.777. The normalized spacial score (nSPS) is 15.6. The second-order valence-electron chi connectivity index (χ2n) is 4.48. The van der Waals surface area contributed by atoms with Gasteiger partial charge in [0.15, 0.2) is 0 Å². The van der Waals surface area contributed by atoms with E-state index in [0.29, 0.717) is 0 Å². The van der Waals surface area contributed by atoms with Crippen molar-refractivity contribution in [1.29, 1.82) is 0 Å². The predicted octanol–water partition coefficient (Wildman–Crippen LogP) is 2.20. The second kappa shape index (κ2) is 5.73. The van der Waals surface area contributed by atoms with Crippen LogP contribution in [0.15, 0.2) is 6.20 Å². The van der Waals surface area contributed by atoms with Gasteiger partial charge in [0.1, 0.15) is 0 Å². The van der Waals surface area contributed by atoms with Gasteiger partial charge < -0.3 is 5.32 Å². The minimum atomic E-state index is 0.777. The topological polar surface area (TPSA) is 29.9 Å². The van der Waals surface area contributed by atoms with E-state index in [2.05, 4.69) is 28.3 Å². The van der Waals surface area contributed by atoms with Crippen molar-refractivity contribution < 1.29 is 0 Å². The fourth-order valence-electron chi connectivity index (χ4n) is 1.78. The van der Waals surface area contributed by atoms with Gasteiger partial charge in [-0.3, -0.25) is 4.68 Å². The third-order valence-corrected chi connectivity index (χ3v) is 3.78. The molecule has 1 saturated carbocycles. The first-order valence-corrected chi connectivity index (χ1v) is 7.44. The number of thioether (sulfide) groups is 1. The minimum Gasteiger partial charge on any atom is -0.310 e. The summed E-state index contributed by atoms with van der Waals surface area (Å²) in [7, 11) is 0. The molecular formula is C12H21N3S. The van der Waals surface area contributed by atoms with Gasteiger partial charge in [-0.2, -0.15) is 16.9 Å². The van der Waals surface area contributed by atoms with Gasteiger partial charge in [0.25, 0.3) is 0 Å². The van der Waals surface area contributed by atoms with Gasteiger partial charge in [-0.25, -0.2) is 0 Å². The molecular weight excluding hydrogens is 218 g/mol. The first-order valence-electron chi connectivity index (χ1n) is 6.05. The summed E-state index contributed by atoms with van der Waals surface area (Å²) in [4.78, 5) is 0. The quantitative estimate of drug-likeness (QED) is 0.740. The molecule has 3 nitrogen and oxygen atoms in total. The summed E-state index contributed by atoms with van der Waals surface area (Å²) < 4.78 is 2.14. The fraction of sp³-hybridized carbons (Fsp3) is 0.750. The Morgan fingerprint density at radius 2 is 2.38 bits per heavy atom.